The molecular formula is C24H29N3O4. The molecule has 0 saturated carbocycles. The number of hydrogen-bond donors (Lipinski definition) is 1. The fourth-order valence-electron chi connectivity index (χ4n) is 3.45. The van der Waals surface area contributed by atoms with Crippen molar-refractivity contribution in [2.75, 3.05) is 39.3 Å². The van der Waals surface area contributed by atoms with E-state index in [0.717, 1.165) is 12.8 Å². The van der Waals surface area contributed by atoms with E-state index >= 15 is 0 Å². The van der Waals surface area contributed by atoms with Gasteiger partial charge in [0.1, 0.15) is 5.75 Å². The third kappa shape index (κ3) is 7.44. The maximum absolute atomic E-state index is 12.4. The highest BCUT2D eigenvalue weighted by Gasteiger charge is 2.24. The molecule has 0 aromatic heterocycles. The monoisotopic (exact) mass is 423 g/mol. The van der Waals surface area contributed by atoms with Crippen molar-refractivity contribution in [2.45, 2.75) is 19.3 Å². The van der Waals surface area contributed by atoms with Gasteiger partial charge in [0.2, 0.25) is 11.8 Å². The lowest BCUT2D eigenvalue weighted by atomic mass is 10.1. The molecule has 31 heavy (non-hydrogen) atoms. The highest BCUT2D eigenvalue weighted by Crippen LogP contribution is 2.09. The highest BCUT2D eigenvalue weighted by molar-refractivity contribution is 5.85. The normalized spacial score (nSPS) is 13.5. The smallest absolute Gasteiger partial charge is 0.258 e. The summed E-state index contributed by atoms with van der Waals surface area (Å²) in [6.45, 7) is 1.83. The lowest BCUT2D eigenvalue weighted by molar-refractivity contribution is -0.139. The molecule has 0 radical (unpaired) electrons. The van der Waals surface area contributed by atoms with Gasteiger partial charge in [0.15, 0.2) is 6.61 Å². The van der Waals surface area contributed by atoms with E-state index in [1.54, 1.807) is 17.0 Å². The maximum atomic E-state index is 12.4. The molecule has 0 bridgehead atoms. The van der Waals surface area contributed by atoms with Crippen LogP contribution in [0.4, 0.5) is 0 Å². The van der Waals surface area contributed by atoms with Gasteiger partial charge in [-0.25, -0.2) is 0 Å². The van der Waals surface area contributed by atoms with Gasteiger partial charge >= 0.3 is 0 Å². The van der Waals surface area contributed by atoms with Gasteiger partial charge < -0.3 is 19.9 Å². The van der Waals surface area contributed by atoms with E-state index < -0.39 is 0 Å². The van der Waals surface area contributed by atoms with E-state index in [4.69, 9.17) is 4.74 Å². The van der Waals surface area contributed by atoms with Gasteiger partial charge in [-0.3, -0.25) is 14.4 Å². The van der Waals surface area contributed by atoms with Crippen LogP contribution in [0.25, 0.3) is 0 Å². The van der Waals surface area contributed by atoms with Crippen LogP contribution in [0.1, 0.15) is 18.4 Å². The SMILES string of the molecule is O=C(COc1ccccc1)NCC(=O)N1CCN(C(=O)CCCc2ccccc2)CC1. The molecule has 3 amide bonds. The first-order valence-corrected chi connectivity index (χ1v) is 10.7. The Hall–Kier alpha value is -3.35. The van der Waals surface area contributed by atoms with Crippen molar-refractivity contribution >= 4 is 17.7 Å². The minimum Gasteiger partial charge on any atom is -0.484 e. The summed E-state index contributed by atoms with van der Waals surface area (Å²) in [5.41, 5.74) is 1.24. The zero-order valence-corrected chi connectivity index (χ0v) is 17.7. The fraction of sp³-hybridized carbons (Fsp3) is 0.375. The van der Waals surface area contributed by atoms with Crippen molar-refractivity contribution in [1.82, 2.24) is 15.1 Å². The summed E-state index contributed by atoms with van der Waals surface area (Å²) >= 11 is 0. The Labute approximate surface area is 183 Å². The van der Waals surface area contributed by atoms with Crippen LogP contribution in [-0.4, -0.2) is 66.9 Å². The molecule has 0 spiro atoms. The van der Waals surface area contributed by atoms with Crippen LogP contribution in [0.2, 0.25) is 0 Å². The maximum Gasteiger partial charge on any atom is 0.258 e. The zero-order chi connectivity index (χ0) is 21.9. The van der Waals surface area contributed by atoms with Crippen LogP contribution in [0.15, 0.2) is 60.7 Å². The molecule has 0 aliphatic carbocycles. The summed E-state index contributed by atoms with van der Waals surface area (Å²) in [6, 6.07) is 19.2. The number of ether oxygens (including phenoxy) is 1. The second-order valence-corrected chi connectivity index (χ2v) is 7.48. The molecule has 0 atom stereocenters. The summed E-state index contributed by atoms with van der Waals surface area (Å²) in [6.07, 6.45) is 2.22. The highest BCUT2D eigenvalue weighted by atomic mass is 16.5. The quantitative estimate of drug-likeness (QED) is 0.668. The molecule has 7 nitrogen and oxygen atoms in total. The number of amides is 3. The first-order chi connectivity index (χ1) is 15.1. The Morgan fingerprint density at radius 3 is 2.03 bits per heavy atom. The molecule has 1 aliphatic rings. The van der Waals surface area contributed by atoms with Crippen molar-refractivity contribution < 1.29 is 19.1 Å². The average Bonchev–Trinajstić information content (AvgIpc) is 2.82. The van der Waals surface area contributed by atoms with Gasteiger partial charge in [0.25, 0.3) is 5.91 Å². The van der Waals surface area contributed by atoms with Crippen molar-refractivity contribution in [2.24, 2.45) is 0 Å². The Balaban J connectivity index is 1.30. The molecule has 1 heterocycles. The standard InChI is InChI=1S/C24H29N3O4/c28-22(19-31-21-11-5-2-6-12-21)25-18-24(30)27-16-14-26(15-17-27)23(29)13-7-10-20-8-3-1-4-9-20/h1-6,8-9,11-12H,7,10,13-19H2,(H,25,28). The number of benzene rings is 2. The molecular weight excluding hydrogens is 394 g/mol. The van der Waals surface area contributed by atoms with Gasteiger partial charge in [-0.1, -0.05) is 48.5 Å². The number of hydrogen-bond acceptors (Lipinski definition) is 4. The van der Waals surface area contributed by atoms with Crippen molar-refractivity contribution in [3.8, 4) is 5.75 Å². The van der Waals surface area contributed by atoms with E-state index in [0.29, 0.717) is 38.3 Å². The summed E-state index contributed by atoms with van der Waals surface area (Å²) in [7, 11) is 0. The predicted octanol–water partition coefficient (Wildman–Crippen LogP) is 1.88. The van der Waals surface area contributed by atoms with E-state index in [1.807, 2.05) is 41.3 Å². The van der Waals surface area contributed by atoms with Crippen molar-refractivity contribution in [3.63, 3.8) is 0 Å². The molecule has 2 aromatic carbocycles. The van der Waals surface area contributed by atoms with E-state index in [2.05, 4.69) is 17.4 Å². The molecule has 1 N–H and O–H groups in total. The number of piperazine rings is 1. The lowest BCUT2D eigenvalue weighted by Crippen LogP contribution is -2.52. The Morgan fingerprint density at radius 1 is 0.806 bits per heavy atom. The summed E-state index contributed by atoms with van der Waals surface area (Å²) in [5.74, 6) is 0.247. The zero-order valence-electron chi connectivity index (χ0n) is 17.7. The fourth-order valence-corrected chi connectivity index (χ4v) is 3.45. The topological polar surface area (TPSA) is 79.0 Å². The molecule has 164 valence electrons. The van der Waals surface area contributed by atoms with E-state index in [9.17, 15) is 14.4 Å². The average molecular weight is 424 g/mol. The number of carbonyl (C=O) groups is 3. The molecule has 7 heteroatoms. The van der Waals surface area contributed by atoms with Gasteiger partial charge in [0, 0.05) is 32.6 Å². The van der Waals surface area contributed by atoms with Crippen LogP contribution in [-0.2, 0) is 20.8 Å². The first kappa shape index (κ1) is 22.3. The molecule has 1 aliphatic heterocycles. The molecule has 3 rings (SSSR count). The largest absolute Gasteiger partial charge is 0.484 e. The number of carbonyl (C=O) groups excluding carboxylic acids is 3. The lowest BCUT2D eigenvalue weighted by Gasteiger charge is -2.35. The van der Waals surface area contributed by atoms with Crippen LogP contribution < -0.4 is 10.1 Å². The molecule has 1 saturated heterocycles. The van der Waals surface area contributed by atoms with Crippen LogP contribution in [0.5, 0.6) is 5.75 Å². The van der Waals surface area contributed by atoms with E-state index in [-0.39, 0.29) is 30.9 Å². The summed E-state index contributed by atoms with van der Waals surface area (Å²) < 4.78 is 5.37. The summed E-state index contributed by atoms with van der Waals surface area (Å²) in [4.78, 5) is 40.2. The number of aryl methyl sites for hydroxylation is 1. The Kier molecular flexibility index (Phi) is 8.46. The second kappa shape index (κ2) is 11.7. The summed E-state index contributed by atoms with van der Waals surface area (Å²) in [5, 5.41) is 2.59. The molecule has 0 unspecified atom stereocenters. The minimum atomic E-state index is -0.343. The Morgan fingerprint density at radius 2 is 1.39 bits per heavy atom. The van der Waals surface area contributed by atoms with Gasteiger partial charge in [-0.15, -0.1) is 0 Å². The van der Waals surface area contributed by atoms with Crippen molar-refractivity contribution in [1.29, 1.82) is 0 Å². The van der Waals surface area contributed by atoms with Crippen LogP contribution in [0.3, 0.4) is 0 Å². The first-order valence-electron chi connectivity index (χ1n) is 10.7. The number of nitrogens with zero attached hydrogens (tertiary/aromatic N) is 2. The van der Waals surface area contributed by atoms with Gasteiger partial charge in [0.05, 0.1) is 6.54 Å². The minimum absolute atomic E-state index is 0.0675. The number of nitrogens with one attached hydrogen (secondary N) is 1. The Bertz CT molecular complexity index is 850. The third-order valence-corrected chi connectivity index (χ3v) is 5.23. The number of para-hydroxylation sites is 1. The van der Waals surface area contributed by atoms with Crippen LogP contribution in [0, 0.1) is 0 Å². The van der Waals surface area contributed by atoms with Crippen LogP contribution >= 0.6 is 0 Å². The van der Waals surface area contributed by atoms with Gasteiger partial charge in [-0.2, -0.15) is 0 Å². The molecule has 2 aromatic rings. The van der Waals surface area contributed by atoms with E-state index in [1.165, 1.54) is 5.56 Å². The third-order valence-electron chi connectivity index (χ3n) is 5.23. The predicted molar refractivity (Wildman–Crippen MR) is 117 cm³/mol. The van der Waals surface area contributed by atoms with Crippen molar-refractivity contribution in [3.05, 3.63) is 66.2 Å². The number of rotatable bonds is 9. The molecule has 1 fully saturated rings. The second-order valence-electron chi connectivity index (χ2n) is 7.48. The van der Waals surface area contributed by atoms with Gasteiger partial charge in [-0.05, 0) is 30.5 Å².